The molecule has 0 fully saturated rings. The Labute approximate surface area is 62.4 Å². The highest BCUT2D eigenvalue weighted by Gasteiger charge is 1.89. The third kappa shape index (κ3) is 5.25. The molecular weight excluding hydrogens is 124 g/mol. The van der Waals surface area contributed by atoms with E-state index >= 15 is 0 Å². The van der Waals surface area contributed by atoms with Crippen molar-refractivity contribution in [1.82, 2.24) is 4.90 Å². The lowest BCUT2D eigenvalue weighted by molar-refractivity contribution is 0.449. The Morgan fingerprint density at radius 3 is 2.60 bits per heavy atom. The largest absolute Gasteiger partial charge is 0.309 e. The lowest BCUT2D eigenvalue weighted by Crippen LogP contribution is -2.13. The lowest BCUT2D eigenvalue weighted by atomic mass is 10.3. The molecule has 1 N–H and O–H groups in total. The fourth-order valence-corrected chi connectivity index (χ4v) is 0.643. The Bertz CT molecular complexity index is 145. The summed E-state index contributed by atoms with van der Waals surface area (Å²) in [6.07, 6.45) is 4.76. The molecule has 0 aliphatic heterocycles. The smallest absolute Gasteiger partial charge is 0.0221 e. The molecule has 0 radical (unpaired) electrons. The minimum atomic E-state index is 0.852. The first-order valence-electron chi connectivity index (χ1n) is 3.16. The van der Waals surface area contributed by atoms with Gasteiger partial charge in [0.05, 0.1) is 0 Å². The molecule has 0 aromatic carbocycles. The Morgan fingerprint density at radius 2 is 2.20 bits per heavy atom. The molecule has 0 aliphatic rings. The monoisotopic (exact) mass is 138 g/mol. The van der Waals surface area contributed by atoms with Crippen LogP contribution in [0.5, 0.6) is 0 Å². The van der Waals surface area contributed by atoms with E-state index in [1.165, 1.54) is 6.21 Å². The Hall–Kier alpha value is -0.890. The predicted octanol–water partition coefficient (Wildman–Crippen LogP) is 1.31. The number of allylic oxidation sites excluding steroid dienone is 1. The highest BCUT2D eigenvalue weighted by atomic mass is 15.0. The van der Waals surface area contributed by atoms with E-state index in [0.29, 0.717) is 0 Å². The van der Waals surface area contributed by atoms with Crippen LogP contribution in [0.1, 0.15) is 0 Å². The van der Waals surface area contributed by atoms with Crippen LogP contribution >= 0.6 is 0 Å². The first kappa shape index (κ1) is 9.11. The first-order chi connectivity index (χ1) is 4.66. The van der Waals surface area contributed by atoms with Crippen LogP contribution in [-0.2, 0) is 0 Å². The van der Waals surface area contributed by atoms with Gasteiger partial charge in [-0.25, -0.2) is 0 Å². The van der Waals surface area contributed by atoms with Crippen molar-refractivity contribution in [3.8, 4) is 0 Å². The second kappa shape index (κ2) is 4.94. The Morgan fingerprint density at radius 1 is 1.60 bits per heavy atom. The summed E-state index contributed by atoms with van der Waals surface area (Å²) in [5, 5.41) is 6.71. The zero-order valence-corrected chi connectivity index (χ0v) is 6.59. The molecule has 0 heterocycles. The number of nitrogens with one attached hydrogen (secondary N) is 1. The summed E-state index contributed by atoms with van der Waals surface area (Å²) in [6.45, 7) is 4.65. The summed E-state index contributed by atoms with van der Waals surface area (Å²) < 4.78 is 0. The fourth-order valence-electron chi connectivity index (χ4n) is 0.643. The van der Waals surface area contributed by atoms with Crippen molar-refractivity contribution in [3.05, 3.63) is 24.3 Å². The zero-order valence-electron chi connectivity index (χ0n) is 6.59. The van der Waals surface area contributed by atoms with Gasteiger partial charge >= 0.3 is 0 Å². The van der Waals surface area contributed by atoms with Gasteiger partial charge in [-0.2, -0.15) is 0 Å². The molecule has 0 aromatic heterocycles. The summed E-state index contributed by atoms with van der Waals surface area (Å²) in [5.74, 6) is 0. The molecule has 0 rings (SSSR count). The quantitative estimate of drug-likeness (QED) is 0.460. The maximum Gasteiger partial charge on any atom is 0.0221 e. The molecule has 0 spiro atoms. The van der Waals surface area contributed by atoms with Crippen LogP contribution < -0.4 is 0 Å². The van der Waals surface area contributed by atoms with Crippen LogP contribution in [-0.4, -0.2) is 31.8 Å². The third-order valence-electron chi connectivity index (χ3n) is 0.947. The summed E-state index contributed by atoms with van der Waals surface area (Å²) >= 11 is 0. The lowest BCUT2D eigenvalue weighted by Gasteiger charge is -2.07. The van der Waals surface area contributed by atoms with Gasteiger partial charge in [-0.3, -0.25) is 0 Å². The number of rotatable bonds is 4. The van der Waals surface area contributed by atoms with Crippen LogP contribution in [0.25, 0.3) is 0 Å². The van der Waals surface area contributed by atoms with Gasteiger partial charge in [0, 0.05) is 12.8 Å². The zero-order chi connectivity index (χ0) is 7.98. The molecule has 0 bridgehead atoms. The van der Waals surface area contributed by atoms with E-state index in [9.17, 15) is 0 Å². The molecule has 0 saturated heterocycles. The van der Waals surface area contributed by atoms with E-state index in [0.717, 1.165) is 12.1 Å². The average molecular weight is 138 g/mol. The highest BCUT2D eigenvalue weighted by Crippen LogP contribution is 1.92. The number of hydrogen-bond acceptors (Lipinski definition) is 2. The van der Waals surface area contributed by atoms with Crippen molar-refractivity contribution in [2.75, 3.05) is 20.6 Å². The van der Waals surface area contributed by atoms with Crippen molar-refractivity contribution in [2.24, 2.45) is 0 Å². The number of nitrogens with zero attached hydrogens (tertiary/aromatic N) is 1. The van der Waals surface area contributed by atoms with Gasteiger partial charge in [0.15, 0.2) is 0 Å². The molecule has 0 unspecified atom stereocenters. The molecule has 10 heavy (non-hydrogen) atoms. The van der Waals surface area contributed by atoms with Gasteiger partial charge in [0.2, 0.25) is 0 Å². The molecule has 56 valence electrons. The second-order valence-electron chi connectivity index (χ2n) is 2.42. The maximum atomic E-state index is 6.71. The average Bonchev–Trinajstić information content (AvgIpc) is 1.82. The van der Waals surface area contributed by atoms with Gasteiger partial charge < -0.3 is 10.3 Å². The van der Waals surface area contributed by atoms with E-state index in [2.05, 4.69) is 6.58 Å². The molecular formula is C8H14N2. The first-order valence-corrected chi connectivity index (χ1v) is 3.16. The van der Waals surface area contributed by atoms with Crippen molar-refractivity contribution in [1.29, 1.82) is 5.41 Å². The third-order valence-corrected chi connectivity index (χ3v) is 0.947. The normalized spacial score (nSPS) is 10.7. The van der Waals surface area contributed by atoms with Gasteiger partial charge in [-0.1, -0.05) is 12.7 Å². The van der Waals surface area contributed by atoms with E-state index in [1.807, 2.05) is 25.1 Å². The summed E-state index contributed by atoms with van der Waals surface area (Å²) in [6, 6.07) is 0. The summed E-state index contributed by atoms with van der Waals surface area (Å²) in [4.78, 5) is 2.04. The minimum Gasteiger partial charge on any atom is -0.309 e. The molecule has 0 aliphatic carbocycles. The van der Waals surface area contributed by atoms with Crippen molar-refractivity contribution in [3.63, 3.8) is 0 Å². The molecule has 0 atom stereocenters. The fraction of sp³-hybridized carbons (Fsp3) is 0.375. The summed E-state index contributed by atoms with van der Waals surface area (Å²) in [5.41, 5.74) is 1.02. The van der Waals surface area contributed by atoms with Gasteiger partial charge in [-0.15, -0.1) is 0 Å². The van der Waals surface area contributed by atoms with Crippen LogP contribution in [0.2, 0.25) is 0 Å². The van der Waals surface area contributed by atoms with Crippen LogP contribution in [0.15, 0.2) is 24.3 Å². The second-order valence-corrected chi connectivity index (χ2v) is 2.42. The summed E-state index contributed by atoms with van der Waals surface area (Å²) in [7, 11) is 3.98. The predicted molar refractivity (Wildman–Crippen MR) is 45.6 cm³/mol. The van der Waals surface area contributed by atoms with Crippen LogP contribution in [0.4, 0.5) is 0 Å². The number of likely N-dealkylation sites (N-methyl/N-ethyl adjacent to an activating group) is 1. The van der Waals surface area contributed by atoms with Crippen molar-refractivity contribution >= 4 is 6.21 Å². The van der Waals surface area contributed by atoms with Crippen LogP contribution in [0, 0.1) is 5.41 Å². The van der Waals surface area contributed by atoms with E-state index in [-0.39, 0.29) is 0 Å². The maximum absolute atomic E-state index is 6.71. The molecule has 0 aromatic rings. The standard InChI is InChI=1S/C8H14N2/c1-8(5-4-6-9)7-10(2)3/h4-6,9H,1,7H2,2-3H3/b5-4-,9-6?. The number of hydrogen-bond donors (Lipinski definition) is 1. The molecule has 0 saturated carbocycles. The van der Waals surface area contributed by atoms with E-state index < -0.39 is 0 Å². The molecule has 2 nitrogen and oxygen atoms in total. The Balaban J connectivity index is 3.64. The molecule has 2 heteroatoms. The van der Waals surface area contributed by atoms with Gasteiger partial charge in [0.1, 0.15) is 0 Å². The SMILES string of the molecule is C=C(/C=C\C=N)CN(C)C. The minimum absolute atomic E-state index is 0.852. The van der Waals surface area contributed by atoms with Gasteiger partial charge in [-0.05, 0) is 25.7 Å². The van der Waals surface area contributed by atoms with Gasteiger partial charge in [0.25, 0.3) is 0 Å². The Kier molecular flexibility index (Phi) is 4.50. The van der Waals surface area contributed by atoms with E-state index in [1.54, 1.807) is 6.08 Å². The van der Waals surface area contributed by atoms with Crippen LogP contribution in [0.3, 0.4) is 0 Å². The van der Waals surface area contributed by atoms with E-state index in [4.69, 9.17) is 5.41 Å². The topological polar surface area (TPSA) is 27.1 Å². The highest BCUT2D eigenvalue weighted by molar-refractivity contribution is 5.68. The van der Waals surface area contributed by atoms with Crippen molar-refractivity contribution in [2.45, 2.75) is 0 Å². The molecule has 0 amide bonds. The van der Waals surface area contributed by atoms with Crippen molar-refractivity contribution < 1.29 is 0 Å².